The molecule has 0 heterocycles. The lowest BCUT2D eigenvalue weighted by Crippen LogP contribution is -1.95. The Bertz CT molecular complexity index is 625. The molecule has 0 aromatic heterocycles. The Morgan fingerprint density at radius 3 is 2.00 bits per heavy atom. The van der Waals surface area contributed by atoms with Crippen LogP contribution in [0.25, 0.3) is 16.7 Å². The number of esters is 1. The Morgan fingerprint density at radius 2 is 1.50 bits per heavy atom. The van der Waals surface area contributed by atoms with Crippen LogP contribution in [0.5, 0.6) is 0 Å². The summed E-state index contributed by atoms with van der Waals surface area (Å²) in [5.41, 5.74) is 4.08. The zero-order valence-electron chi connectivity index (χ0n) is 11.4. The number of carbonyl (C=O) groups is 1. The van der Waals surface area contributed by atoms with E-state index in [9.17, 15) is 4.79 Å². The van der Waals surface area contributed by atoms with E-state index >= 15 is 0 Å². The zero-order chi connectivity index (χ0) is 14.5. The summed E-state index contributed by atoms with van der Waals surface area (Å²) in [4.78, 5) is 11.2. The number of hydrogen-bond acceptors (Lipinski definition) is 2. The van der Waals surface area contributed by atoms with Crippen molar-refractivity contribution in [2.45, 2.75) is 6.92 Å². The van der Waals surface area contributed by atoms with Gasteiger partial charge in [-0.15, -0.1) is 0 Å². The molecule has 0 radical (unpaired) electrons. The van der Waals surface area contributed by atoms with Gasteiger partial charge in [-0.25, -0.2) is 4.79 Å². The normalized spacial score (nSPS) is 11.2. The van der Waals surface area contributed by atoms with Crippen molar-refractivity contribution in [2.24, 2.45) is 0 Å². The number of halogens is 1. The lowest BCUT2D eigenvalue weighted by atomic mass is 10.0. The number of allylic oxidation sites excluding steroid dienone is 1. The monoisotopic (exact) mass is 286 g/mol. The average Bonchev–Trinajstić information content (AvgIpc) is 2.48. The summed E-state index contributed by atoms with van der Waals surface area (Å²) in [5, 5.41) is 0.724. The van der Waals surface area contributed by atoms with Gasteiger partial charge in [0.1, 0.15) is 0 Å². The van der Waals surface area contributed by atoms with Crippen LogP contribution in [0, 0.1) is 0 Å². The van der Waals surface area contributed by atoms with Gasteiger partial charge in [0.05, 0.1) is 7.11 Å². The van der Waals surface area contributed by atoms with Crippen molar-refractivity contribution in [3.05, 3.63) is 65.2 Å². The lowest BCUT2D eigenvalue weighted by Gasteiger charge is -2.05. The van der Waals surface area contributed by atoms with Gasteiger partial charge in [0.25, 0.3) is 0 Å². The van der Waals surface area contributed by atoms with Crippen molar-refractivity contribution in [1.82, 2.24) is 0 Å². The van der Waals surface area contributed by atoms with Gasteiger partial charge in [-0.3, -0.25) is 0 Å². The molecule has 0 bridgehead atoms. The highest BCUT2D eigenvalue weighted by atomic mass is 35.5. The summed E-state index contributed by atoms with van der Waals surface area (Å²) in [6, 6.07) is 15.7. The van der Waals surface area contributed by atoms with Crippen molar-refractivity contribution in [2.75, 3.05) is 7.11 Å². The fraction of sp³-hybridized carbons (Fsp3) is 0.118. The standard InChI is InChI=1S/C17H15ClO2/c1-12(11-17(19)20-2)13-3-5-14(6-4-13)15-7-9-16(18)10-8-15/h3-11H,1-2H3/b12-11+. The van der Waals surface area contributed by atoms with E-state index in [0.29, 0.717) is 0 Å². The summed E-state index contributed by atoms with van der Waals surface area (Å²) in [5.74, 6) is -0.343. The van der Waals surface area contributed by atoms with Gasteiger partial charge in [0.2, 0.25) is 0 Å². The SMILES string of the molecule is COC(=O)/C=C(\C)c1ccc(-c2ccc(Cl)cc2)cc1. The van der Waals surface area contributed by atoms with Gasteiger partial charge in [0.15, 0.2) is 0 Å². The largest absolute Gasteiger partial charge is 0.466 e. The van der Waals surface area contributed by atoms with Crippen LogP contribution in [0.3, 0.4) is 0 Å². The van der Waals surface area contributed by atoms with Crippen molar-refractivity contribution in [3.63, 3.8) is 0 Å². The molecule has 2 rings (SSSR count). The molecule has 20 heavy (non-hydrogen) atoms. The number of benzene rings is 2. The van der Waals surface area contributed by atoms with E-state index < -0.39 is 0 Å². The third-order valence-corrected chi connectivity index (χ3v) is 3.31. The molecule has 102 valence electrons. The first-order valence-corrected chi connectivity index (χ1v) is 6.60. The molecular formula is C17H15ClO2. The summed E-state index contributed by atoms with van der Waals surface area (Å²) in [6.07, 6.45) is 1.48. The molecule has 0 saturated carbocycles. The van der Waals surface area contributed by atoms with Crippen LogP contribution in [0.2, 0.25) is 5.02 Å². The third kappa shape index (κ3) is 3.49. The second kappa shape index (κ2) is 6.40. The lowest BCUT2D eigenvalue weighted by molar-refractivity contribution is -0.134. The van der Waals surface area contributed by atoms with E-state index in [4.69, 9.17) is 11.6 Å². The molecule has 0 aliphatic carbocycles. The third-order valence-electron chi connectivity index (χ3n) is 3.05. The number of hydrogen-bond donors (Lipinski definition) is 0. The fourth-order valence-electron chi connectivity index (χ4n) is 1.89. The van der Waals surface area contributed by atoms with Crippen molar-refractivity contribution >= 4 is 23.1 Å². The molecule has 0 spiro atoms. The van der Waals surface area contributed by atoms with Gasteiger partial charge in [-0.2, -0.15) is 0 Å². The Balaban J connectivity index is 2.24. The predicted octanol–water partition coefficient (Wildman–Crippen LogP) is 4.58. The zero-order valence-corrected chi connectivity index (χ0v) is 12.1. The highest BCUT2D eigenvalue weighted by molar-refractivity contribution is 6.30. The van der Waals surface area contributed by atoms with Crippen LogP contribution < -0.4 is 0 Å². The summed E-state index contributed by atoms with van der Waals surface area (Å²) < 4.78 is 4.62. The molecule has 0 atom stereocenters. The van der Waals surface area contributed by atoms with E-state index in [1.807, 2.05) is 55.5 Å². The second-order valence-corrected chi connectivity index (χ2v) is 4.87. The van der Waals surface area contributed by atoms with Gasteiger partial charge < -0.3 is 4.74 Å². The Kier molecular flexibility index (Phi) is 4.59. The molecule has 3 heteroatoms. The maximum atomic E-state index is 11.2. The first-order valence-electron chi connectivity index (χ1n) is 6.23. The molecule has 0 aliphatic rings. The first kappa shape index (κ1) is 14.4. The predicted molar refractivity (Wildman–Crippen MR) is 82.6 cm³/mol. The van der Waals surface area contributed by atoms with Crippen molar-refractivity contribution in [3.8, 4) is 11.1 Å². The van der Waals surface area contributed by atoms with E-state index in [1.165, 1.54) is 13.2 Å². The molecule has 2 aromatic rings. The Hall–Kier alpha value is -2.06. The van der Waals surface area contributed by atoms with Gasteiger partial charge in [0, 0.05) is 11.1 Å². The molecule has 0 unspecified atom stereocenters. The van der Waals surface area contributed by atoms with Crippen LogP contribution in [-0.4, -0.2) is 13.1 Å². The molecule has 0 saturated heterocycles. The van der Waals surface area contributed by atoms with Crippen LogP contribution in [-0.2, 0) is 9.53 Å². The maximum Gasteiger partial charge on any atom is 0.330 e. The van der Waals surface area contributed by atoms with Crippen LogP contribution >= 0.6 is 11.6 Å². The molecule has 0 aliphatic heterocycles. The van der Waals surface area contributed by atoms with E-state index in [-0.39, 0.29) is 5.97 Å². The summed E-state index contributed by atoms with van der Waals surface area (Å²) in [6.45, 7) is 1.88. The van der Waals surface area contributed by atoms with E-state index in [1.54, 1.807) is 0 Å². The Labute approximate surface area is 123 Å². The van der Waals surface area contributed by atoms with Gasteiger partial charge in [-0.1, -0.05) is 48.0 Å². The molecule has 0 fully saturated rings. The minimum absolute atomic E-state index is 0.343. The van der Waals surface area contributed by atoms with Crippen molar-refractivity contribution < 1.29 is 9.53 Å². The molecule has 0 amide bonds. The number of rotatable bonds is 3. The second-order valence-electron chi connectivity index (χ2n) is 4.43. The molecule has 2 aromatic carbocycles. The van der Waals surface area contributed by atoms with Crippen LogP contribution in [0.15, 0.2) is 54.6 Å². The van der Waals surface area contributed by atoms with E-state index in [2.05, 4.69) is 4.74 Å². The number of carbonyl (C=O) groups excluding carboxylic acids is 1. The smallest absolute Gasteiger partial charge is 0.330 e. The first-order chi connectivity index (χ1) is 9.60. The fourth-order valence-corrected chi connectivity index (χ4v) is 2.01. The topological polar surface area (TPSA) is 26.3 Å². The van der Waals surface area contributed by atoms with Crippen molar-refractivity contribution in [1.29, 1.82) is 0 Å². The quantitative estimate of drug-likeness (QED) is 0.610. The Morgan fingerprint density at radius 1 is 1.00 bits per heavy atom. The summed E-state index contributed by atoms with van der Waals surface area (Å²) >= 11 is 5.88. The maximum absolute atomic E-state index is 11.2. The van der Waals surface area contributed by atoms with Crippen LogP contribution in [0.4, 0.5) is 0 Å². The minimum atomic E-state index is -0.343. The number of methoxy groups -OCH3 is 1. The minimum Gasteiger partial charge on any atom is -0.466 e. The highest BCUT2D eigenvalue weighted by Crippen LogP contribution is 2.23. The van der Waals surface area contributed by atoms with Gasteiger partial charge >= 0.3 is 5.97 Å². The number of ether oxygens (including phenoxy) is 1. The van der Waals surface area contributed by atoms with Crippen LogP contribution in [0.1, 0.15) is 12.5 Å². The summed E-state index contributed by atoms with van der Waals surface area (Å²) in [7, 11) is 1.37. The molecule has 0 N–H and O–H groups in total. The molecule has 2 nitrogen and oxygen atoms in total. The van der Waals surface area contributed by atoms with E-state index in [0.717, 1.165) is 27.3 Å². The van der Waals surface area contributed by atoms with Gasteiger partial charge in [-0.05, 0) is 41.3 Å². The molecular weight excluding hydrogens is 272 g/mol. The average molecular weight is 287 g/mol. The highest BCUT2D eigenvalue weighted by Gasteiger charge is 2.02.